The van der Waals surface area contributed by atoms with Crippen LogP contribution in [0.3, 0.4) is 0 Å². The van der Waals surface area contributed by atoms with Gasteiger partial charge in [0, 0.05) is 17.7 Å². The summed E-state index contributed by atoms with van der Waals surface area (Å²) in [5.41, 5.74) is 7.27. The van der Waals surface area contributed by atoms with Crippen molar-refractivity contribution in [1.29, 1.82) is 0 Å². The lowest BCUT2D eigenvalue weighted by molar-refractivity contribution is -0.141. The van der Waals surface area contributed by atoms with Crippen molar-refractivity contribution in [2.75, 3.05) is 0 Å². The van der Waals surface area contributed by atoms with Gasteiger partial charge in [-0.25, -0.2) is 4.79 Å². The monoisotopic (exact) mass is 286 g/mol. The third-order valence-corrected chi connectivity index (χ3v) is 4.19. The molecule has 1 aliphatic heterocycles. The quantitative estimate of drug-likeness (QED) is 0.878. The van der Waals surface area contributed by atoms with E-state index >= 15 is 0 Å². The number of imide groups is 1. The molecule has 1 fully saturated rings. The van der Waals surface area contributed by atoms with E-state index in [-0.39, 0.29) is 17.9 Å². The van der Waals surface area contributed by atoms with Gasteiger partial charge in [0.1, 0.15) is 5.58 Å². The molecular weight excluding hydrogens is 268 g/mol. The van der Waals surface area contributed by atoms with Crippen LogP contribution in [0.4, 0.5) is 4.79 Å². The second-order valence-electron chi connectivity index (χ2n) is 5.49. The Morgan fingerprint density at radius 1 is 1.48 bits per heavy atom. The van der Waals surface area contributed by atoms with Crippen LogP contribution in [-0.4, -0.2) is 22.9 Å². The number of β-lactam (4-membered cyclic amide) rings is 1. The van der Waals surface area contributed by atoms with Crippen molar-refractivity contribution < 1.29 is 14.0 Å². The van der Waals surface area contributed by atoms with Crippen LogP contribution in [0.1, 0.15) is 37.7 Å². The van der Waals surface area contributed by atoms with Crippen molar-refractivity contribution in [3.8, 4) is 0 Å². The Kier molecular flexibility index (Phi) is 3.41. The number of hydrogen-bond acceptors (Lipinski definition) is 3. The first kappa shape index (κ1) is 13.7. The summed E-state index contributed by atoms with van der Waals surface area (Å²) in [5, 5.41) is 1.03. The van der Waals surface area contributed by atoms with E-state index in [1.807, 2.05) is 18.2 Å². The van der Waals surface area contributed by atoms with Gasteiger partial charge in [-0.3, -0.25) is 9.69 Å². The van der Waals surface area contributed by atoms with Crippen LogP contribution in [0.15, 0.2) is 34.9 Å². The molecule has 1 saturated heterocycles. The zero-order valence-electron chi connectivity index (χ0n) is 11.9. The third kappa shape index (κ3) is 2.28. The Morgan fingerprint density at radius 2 is 2.29 bits per heavy atom. The van der Waals surface area contributed by atoms with E-state index in [1.54, 1.807) is 6.26 Å². The molecular formula is C16H18N2O3. The molecule has 3 rings (SSSR count). The standard InChI is InChI=1S/C16H18N2O3/c1-2-3-12(13-9-15(19)18(13)16(17)20)10-4-5-14-11(8-10)6-7-21-14/h4-8,12-13H,2-3,9H2,1H3,(H2,17,20)/t12-,13?/m1/s1. The summed E-state index contributed by atoms with van der Waals surface area (Å²) in [6, 6.07) is 7.15. The van der Waals surface area contributed by atoms with E-state index in [0.29, 0.717) is 6.42 Å². The molecule has 5 nitrogen and oxygen atoms in total. The first-order chi connectivity index (χ1) is 10.1. The third-order valence-electron chi connectivity index (χ3n) is 4.19. The average molecular weight is 286 g/mol. The lowest BCUT2D eigenvalue weighted by Crippen LogP contribution is -2.59. The highest BCUT2D eigenvalue weighted by Crippen LogP contribution is 2.37. The summed E-state index contributed by atoms with van der Waals surface area (Å²) < 4.78 is 5.35. The maximum absolute atomic E-state index is 11.6. The van der Waals surface area contributed by atoms with Crippen molar-refractivity contribution in [3.05, 3.63) is 36.1 Å². The highest BCUT2D eigenvalue weighted by molar-refractivity contribution is 5.99. The molecule has 3 amide bonds. The highest BCUT2D eigenvalue weighted by Gasteiger charge is 2.44. The van der Waals surface area contributed by atoms with E-state index in [2.05, 4.69) is 13.0 Å². The van der Waals surface area contributed by atoms with Gasteiger partial charge >= 0.3 is 6.03 Å². The fourth-order valence-corrected chi connectivity index (χ4v) is 3.16. The van der Waals surface area contributed by atoms with Crippen LogP contribution in [-0.2, 0) is 4.79 Å². The number of primary amides is 1. The smallest absolute Gasteiger partial charge is 0.321 e. The van der Waals surface area contributed by atoms with Gasteiger partial charge in [-0.15, -0.1) is 0 Å². The molecule has 1 aromatic heterocycles. The van der Waals surface area contributed by atoms with Gasteiger partial charge in [0.15, 0.2) is 0 Å². The van der Waals surface area contributed by atoms with Gasteiger partial charge in [-0.05, 0) is 30.2 Å². The average Bonchev–Trinajstić information content (AvgIpc) is 2.89. The fourth-order valence-electron chi connectivity index (χ4n) is 3.16. The second-order valence-corrected chi connectivity index (χ2v) is 5.49. The minimum absolute atomic E-state index is 0.125. The minimum Gasteiger partial charge on any atom is -0.464 e. The van der Waals surface area contributed by atoms with Gasteiger partial charge < -0.3 is 10.2 Å². The number of fused-ring (bicyclic) bond motifs is 1. The van der Waals surface area contributed by atoms with Gasteiger partial charge in [0.25, 0.3) is 0 Å². The fraction of sp³-hybridized carbons (Fsp3) is 0.375. The predicted molar refractivity (Wildman–Crippen MR) is 78.7 cm³/mol. The number of carbonyl (C=O) groups excluding carboxylic acids is 2. The molecule has 1 aromatic carbocycles. The first-order valence-electron chi connectivity index (χ1n) is 7.20. The number of hydrogen-bond donors (Lipinski definition) is 1. The summed E-state index contributed by atoms with van der Waals surface area (Å²) >= 11 is 0. The largest absolute Gasteiger partial charge is 0.464 e. The molecule has 2 heterocycles. The molecule has 2 N–H and O–H groups in total. The van der Waals surface area contributed by atoms with Crippen LogP contribution in [0.5, 0.6) is 0 Å². The summed E-state index contributed by atoms with van der Waals surface area (Å²) in [7, 11) is 0. The van der Waals surface area contributed by atoms with Crippen molar-refractivity contribution >= 4 is 22.9 Å². The Morgan fingerprint density at radius 3 is 2.95 bits per heavy atom. The van der Waals surface area contributed by atoms with E-state index in [4.69, 9.17) is 10.2 Å². The predicted octanol–water partition coefficient (Wildman–Crippen LogP) is 3.00. The van der Waals surface area contributed by atoms with Crippen molar-refractivity contribution in [3.63, 3.8) is 0 Å². The van der Waals surface area contributed by atoms with Gasteiger partial charge in [-0.2, -0.15) is 0 Å². The molecule has 2 aromatic rings. The number of urea groups is 1. The lowest BCUT2D eigenvalue weighted by atomic mass is 9.80. The topological polar surface area (TPSA) is 76.5 Å². The summed E-state index contributed by atoms with van der Waals surface area (Å²) in [6.45, 7) is 2.10. The maximum Gasteiger partial charge on any atom is 0.321 e. The second kappa shape index (κ2) is 5.24. The Balaban J connectivity index is 1.93. The van der Waals surface area contributed by atoms with Crippen LogP contribution < -0.4 is 5.73 Å². The van der Waals surface area contributed by atoms with E-state index < -0.39 is 6.03 Å². The number of benzene rings is 1. The van der Waals surface area contributed by atoms with Gasteiger partial charge in [0.05, 0.1) is 12.3 Å². The van der Waals surface area contributed by atoms with E-state index in [0.717, 1.165) is 29.4 Å². The number of nitrogens with zero attached hydrogens (tertiary/aromatic N) is 1. The minimum atomic E-state index is -0.651. The van der Waals surface area contributed by atoms with E-state index in [9.17, 15) is 9.59 Å². The number of amides is 3. The van der Waals surface area contributed by atoms with Crippen LogP contribution >= 0.6 is 0 Å². The molecule has 5 heteroatoms. The zero-order chi connectivity index (χ0) is 15.0. The molecule has 1 aliphatic rings. The number of rotatable bonds is 4. The molecule has 110 valence electrons. The Hall–Kier alpha value is -2.30. The maximum atomic E-state index is 11.6. The number of carbonyl (C=O) groups is 2. The van der Waals surface area contributed by atoms with Crippen molar-refractivity contribution in [2.24, 2.45) is 5.73 Å². The van der Waals surface area contributed by atoms with Crippen molar-refractivity contribution in [2.45, 2.75) is 38.1 Å². The van der Waals surface area contributed by atoms with Crippen molar-refractivity contribution in [1.82, 2.24) is 4.90 Å². The van der Waals surface area contributed by atoms with E-state index in [1.165, 1.54) is 4.90 Å². The lowest BCUT2D eigenvalue weighted by Gasteiger charge is -2.42. The first-order valence-corrected chi connectivity index (χ1v) is 7.20. The molecule has 0 saturated carbocycles. The molecule has 2 atom stereocenters. The molecule has 1 unspecified atom stereocenters. The molecule has 0 bridgehead atoms. The zero-order valence-corrected chi connectivity index (χ0v) is 11.9. The Labute approximate surface area is 122 Å². The molecule has 0 aliphatic carbocycles. The number of likely N-dealkylation sites (tertiary alicyclic amines) is 1. The summed E-state index contributed by atoms with van der Waals surface area (Å²) in [4.78, 5) is 24.2. The van der Waals surface area contributed by atoms with Gasteiger partial charge in [0.2, 0.25) is 5.91 Å². The highest BCUT2D eigenvalue weighted by atomic mass is 16.3. The number of furan rings is 1. The SMILES string of the molecule is CCC[C@H](c1ccc2occc2c1)C1CC(=O)N1C(N)=O. The normalized spacial score (nSPS) is 19.6. The van der Waals surface area contributed by atoms with Crippen LogP contribution in [0.25, 0.3) is 11.0 Å². The Bertz CT molecular complexity index is 684. The number of nitrogens with two attached hydrogens (primary N) is 1. The summed E-state index contributed by atoms with van der Waals surface area (Å²) in [6.07, 6.45) is 3.93. The molecule has 0 radical (unpaired) electrons. The van der Waals surface area contributed by atoms with Crippen LogP contribution in [0.2, 0.25) is 0 Å². The summed E-state index contributed by atoms with van der Waals surface area (Å²) in [5.74, 6) is -0.0579. The molecule has 0 spiro atoms. The van der Waals surface area contributed by atoms with Gasteiger partial charge in [-0.1, -0.05) is 19.4 Å². The molecule has 21 heavy (non-hydrogen) atoms. The van der Waals surface area contributed by atoms with Crippen LogP contribution in [0, 0.1) is 0 Å².